The number of hydrogen-bond donors (Lipinski definition) is 2. The van der Waals surface area contributed by atoms with Crippen LogP contribution in [0.5, 0.6) is 0 Å². The lowest BCUT2D eigenvalue weighted by Crippen LogP contribution is -2.54. The molecule has 4 nitrogen and oxygen atoms in total. The van der Waals surface area contributed by atoms with E-state index in [4.69, 9.17) is 5.73 Å². The van der Waals surface area contributed by atoms with Gasteiger partial charge in [0.25, 0.3) is 0 Å². The molecule has 0 aromatic rings. The second-order valence-corrected chi connectivity index (χ2v) is 3.89. The molecule has 1 rings (SSSR count). The average Bonchev–Trinajstić information content (AvgIpc) is 2.28. The van der Waals surface area contributed by atoms with Crippen molar-refractivity contribution in [1.29, 1.82) is 0 Å². The molecule has 3 N–H and O–H groups in total. The summed E-state index contributed by atoms with van der Waals surface area (Å²) in [5.74, 6) is -0.193. The highest BCUT2D eigenvalue weighted by atomic mass is 16.1. The van der Waals surface area contributed by atoms with Crippen LogP contribution in [0.4, 0.5) is 0 Å². The van der Waals surface area contributed by atoms with Crippen molar-refractivity contribution in [2.75, 3.05) is 27.2 Å². The fraction of sp³-hybridized carbons (Fsp3) is 0.889. The standard InChI is InChI=1S/C9H19N3O/c1-12(2)9(8(10)13)4-3-6-11-7-5-9/h11H,3-7H2,1-2H3,(H2,10,13). The lowest BCUT2D eigenvalue weighted by Gasteiger charge is -2.35. The van der Waals surface area contributed by atoms with E-state index in [0.717, 1.165) is 32.4 Å². The van der Waals surface area contributed by atoms with Gasteiger partial charge < -0.3 is 11.1 Å². The first-order chi connectivity index (χ1) is 6.09. The fourth-order valence-corrected chi connectivity index (χ4v) is 1.97. The number of nitrogens with one attached hydrogen (secondary N) is 1. The number of carbonyl (C=O) groups is 1. The monoisotopic (exact) mass is 185 g/mol. The number of primary amides is 1. The highest BCUT2D eigenvalue weighted by molar-refractivity contribution is 5.84. The van der Waals surface area contributed by atoms with Crippen molar-refractivity contribution >= 4 is 5.91 Å². The summed E-state index contributed by atoms with van der Waals surface area (Å²) in [6.45, 7) is 1.87. The van der Waals surface area contributed by atoms with E-state index in [1.807, 2.05) is 19.0 Å². The quantitative estimate of drug-likeness (QED) is 0.612. The summed E-state index contributed by atoms with van der Waals surface area (Å²) in [6, 6.07) is 0. The van der Waals surface area contributed by atoms with Gasteiger partial charge in [-0.05, 0) is 46.4 Å². The maximum absolute atomic E-state index is 11.4. The molecule has 0 radical (unpaired) electrons. The number of likely N-dealkylation sites (N-methyl/N-ethyl adjacent to an activating group) is 1. The van der Waals surface area contributed by atoms with E-state index >= 15 is 0 Å². The summed E-state index contributed by atoms with van der Waals surface area (Å²) >= 11 is 0. The number of rotatable bonds is 2. The third-order valence-electron chi connectivity index (χ3n) is 2.97. The first-order valence-electron chi connectivity index (χ1n) is 4.78. The molecule has 1 fully saturated rings. The molecule has 0 aromatic heterocycles. The van der Waals surface area contributed by atoms with Gasteiger partial charge in [-0.1, -0.05) is 0 Å². The Kier molecular flexibility index (Phi) is 3.27. The summed E-state index contributed by atoms with van der Waals surface area (Å²) in [7, 11) is 3.85. The minimum Gasteiger partial charge on any atom is -0.368 e. The molecule has 1 aliphatic rings. The molecule has 1 amide bonds. The minimum atomic E-state index is -0.427. The van der Waals surface area contributed by atoms with Crippen LogP contribution >= 0.6 is 0 Å². The van der Waals surface area contributed by atoms with Crippen molar-refractivity contribution in [3.8, 4) is 0 Å². The molecule has 1 atom stereocenters. The Hall–Kier alpha value is -0.610. The van der Waals surface area contributed by atoms with Gasteiger partial charge in [-0.3, -0.25) is 9.69 Å². The summed E-state index contributed by atoms with van der Waals surface area (Å²) in [6.07, 6.45) is 2.69. The predicted molar refractivity (Wildman–Crippen MR) is 52.3 cm³/mol. The van der Waals surface area contributed by atoms with E-state index in [-0.39, 0.29) is 5.91 Å². The Bertz CT molecular complexity index is 183. The minimum absolute atomic E-state index is 0.193. The maximum atomic E-state index is 11.4. The number of carbonyl (C=O) groups excluding carboxylic acids is 1. The number of hydrogen-bond acceptors (Lipinski definition) is 3. The third kappa shape index (κ3) is 2.00. The Morgan fingerprint density at radius 2 is 2.08 bits per heavy atom. The SMILES string of the molecule is CN(C)C1(C(N)=O)CCCNCC1. The first kappa shape index (κ1) is 10.5. The van der Waals surface area contributed by atoms with Crippen molar-refractivity contribution in [2.24, 2.45) is 5.73 Å². The van der Waals surface area contributed by atoms with Crippen molar-refractivity contribution in [3.05, 3.63) is 0 Å². The van der Waals surface area contributed by atoms with E-state index in [2.05, 4.69) is 5.32 Å². The van der Waals surface area contributed by atoms with Crippen LogP contribution in [0.1, 0.15) is 19.3 Å². The Labute approximate surface area is 79.5 Å². The molecule has 0 aromatic carbocycles. The van der Waals surface area contributed by atoms with Crippen LogP contribution in [0.15, 0.2) is 0 Å². The molecule has 0 saturated carbocycles. The Balaban J connectivity index is 2.80. The zero-order chi connectivity index (χ0) is 9.90. The van der Waals surface area contributed by atoms with Crippen LogP contribution in [-0.4, -0.2) is 43.5 Å². The van der Waals surface area contributed by atoms with E-state index < -0.39 is 5.54 Å². The third-order valence-corrected chi connectivity index (χ3v) is 2.97. The molecular formula is C9H19N3O. The van der Waals surface area contributed by atoms with Crippen LogP contribution in [-0.2, 0) is 4.79 Å². The molecule has 4 heteroatoms. The predicted octanol–water partition coefficient (Wildman–Crippen LogP) is -0.454. The van der Waals surface area contributed by atoms with Gasteiger partial charge in [0.1, 0.15) is 5.54 Å². The van der Waals surface area contributed by atoms with Crippen molar-refractivity contribution in [1.82, 2.24) is 10.2 Å². The summed E-state index contributed by atoms with van der Waals surface area (Å²) in [5.41, 5.74) is 5.04. The van der Waals surface area contributed by atoms with Crippen LogP contribution in [0.3, 0.4) is 0 Å². The van der Waals surface area contributed by atoms with Crippen LogP contribution < -0.4 is 11.1 Å². The average molecular weight is 185 g/mol. The van der Waals surface area contributed by atoms with Crippen LogP contribution in [0.25, 0.3) is 0 Å². The zero-order valence-electron chi connectivity index (χ0n) is 8.47. The Morgan fingerprint density at radius 3 is 2.62 bits per heavy atom. The maximum Gasteiger partial charge on any atom is 0.237 e. The highest BCUT2D eigenvalue weighted by Crippen LogP contribution is 2.24. The van der Waals surface area contributed by atoms with Gasteiger partial charge in [-0.2, -0.15) is 0 Å². The summed E-state index contributed by atoms with van der Waals surface area (Å²) < 4.78 is 0. The van der Waals surface area contributed by atoms with Gasteiger partial charge in [-0.25, -0.2) is 0 Å². The number of amides is 1. The topological polar surface area (TPSA) is 58.4 Å². The van der Waals surface area contributed by atoms with Crippen LogP contribution in [0.2, 0.25) is 0 Å². The first-order valence-corrected chi connectivity index (χ1v) is 4.78. The molecular weight excluding hydrogens is 166 g/mol. The second kappa shape index (κ2) is 4.07. The van der Waals surface area contributed by atoms with Crippen molar-refractivity contribution in [2.45, 2.75) is 24.8 Å². The van der Waals surface area contributed by atoms with E-state index in [9.17, 15) is 4.79 Å². The van der Waals surface area contributed by atoms with Crippen LogP contribution in [0, 0.1) is 0 Å². The molecule has 1 aliphatic heterocycles. The lowest BCUT2D eigenvalue weighted by molar-refractivity contribution is -0.129. The normalized spacial score (nSPS) is 30.1. The summed E-state index contributed by atoms with van der Waals surface area (Å²) in [4.78, 5) is 13.4. The largest absolute Gasteiger partial charge is 0.368 e. The lowest BCUT2D eigenvalue weighted by atomic mass is 9.88. The smallest absolute Gasteiger partial charge is 0.237 e. The fourth-order valence-electron chi connectivity index (χ4n) is 1.97. The molecule has 76 valence electrons. The number of nitrogens with zero attached hydrogens (tertiary/aromatic N) is 1. The molecule has 0 spiro atoms. The zero-order valence-corrected chi connectivity index (χ0v) is 8.47. The van der Waals surface area contributed by atoms with Gasteiger partial charge in [0.15, 0.2) is 0 Å². The molecule has 0 aliphatic carbocycles. The van der Waals surface area contributed by atoms with Gasteiger partial charge in [0.2, 0.25) is 5.91 Å². The molecule has 0 bridgehead atoms. The second-order valence-electron chi connectivity index (χ2n) is 3.89. The number of nitrogens with two attached hydrogens (primary N) is 1. The van der Waals surface area contributed by atoms with Crippen molar-refractivity contribution < 1.29 is 4.79 Å². The van der Waals surface area contributed by atoms with Gasteiger partial charge in [0, 0.05) is 0 Å². The molecule has 1 heterocycles. The molecule has 13 heavy (non-hydrogen) atoms. The van der Waals surface area contributed by atoms with E-state index in [1.165, 1.54) is 0 Å². The summed E-state index contributed by atoms with van der Waals surface area (Å²) in [5, 5.41) is 3.28. The van der Waals surface area contributed by atoms with Crippen molar-refractivity contribution in [3.63, 3.8) is 0 Å². The molecule has 1 saturated heterocycles. The van der Waals surface area contributed by atoms with Gasteiger partial charge in [-0.15, -0.1) is 0 Å². The van der Waals surface area contributed by atoms with Gasteiger partial charge >= 0.3 is 0 Å². The van der Waals surface area contributed by atoms with E-state index in [0.29, 0.717) is 0 Å². The molecule has 1 unspecified atom stereocenters. The van der Waals surface area contributed by atoms with E-state index in [1.54, 1.807) is 0 Å². The Morgan fingerprint density at radius 1 is 1.38 bits per heavy atom. The highest BCUT2D eigenvalue weighted by Gasteiger charge is 2.38. The van der Waals surface area contributed by atoms with Gasteiger partial charge in [0.05, 0.1) is 0 Å².